The Balaban J connectivity index is 1.80. The van der Waals surface area contributed by atoms with E-state index in [0.717, 1.165) is 30.5 Å². The molecule has 0 saturated heterocycles. The van der Waals surface area contributed by atoms with Crippen molar-refractivity contribution in [3.63, 3.8) is 0 Å². The number of hydrogen-bond donors (Lipinski definition) is 3. The van der Waals surface area contributed by atoms with Crippen LogP contribution < -0.4 is 16.2 Å². The van der Waals surface area contributed by atoms with Crippen LogP contribution in [0.4, 0.5) is 0 Å². The summed E-state index contributed by atoms with van der Waals surface area (Å²) in [6.45, 7) is 1.70. The van der Waals surface area contributed by atoms with Crippen LogP contribution in [0.1, 0.15) is 36.6 Å². The fraction of sp³-hybridized carbons (Fsp3) is 0.600. The zero-order valence-electron chi connectivity index (χ0n) is 12.4. The fourth-order valence-electron chi connectivity index (χ4n) is 2.65. The van der Waals surface area contributed by atoms with E-state index in [1.54, 1.807) is 13.2 Å². The maximum Gasteiger partial charge on any atom is 0.248 e. The lowest BCUT2D eigenvalue weighted by atomic mass is 9.91. The Kier molecular flexibility index (Phi) is 5.95. The van der Waals surface area contributed by atoms with E-state index in [4.69, 9.17) is 4.74 Å². The third-order valence-electron chi connectivity index (χ3n) is 3.70. The first-order valence-corrected chi connectivity index (χ1v) is 7.42. The van der Waals surface area contributed by atoms with Gasteiger partial charge in [0.1, 0.15) is 0 Å². The van der Waals surface area contributed by atoms with E-state index in [-0.39, 0.29) is 17.5 Å². The van der Waals surface area contributed by atoms with Crippen molar-refractivity contribution in [2.45, 2.75) is 31.7 Å². The van der Waals surface area contributed by atoms with Crippen LogP contribution in [-0.4, -0.2) is 37.7 Å². The molecule has 21 heavy (non-hydrogen) atoms. The van der Waals surface area contributed by atoms with Crippen LogP contribution in [0, 0.1) is 0 Å². The van der Waals surface area contributed by atoms with Gasteiger partial charge in [0.15, 0.2) is 0 Å². The summed E-state index contributed by atoms with van der Waals surface area (Å²) in [5.74, 6) is 0.0250. The number of pyridine rings is 1. The monoisotopic (exact) mass is 293 g/mol. The Labute approximate surface area is 124 Å². The van der Waals surface area contributed by atoms with Gasteiger partial charge in [-0.3, -0.25) is 9.59 Å². The average molecular weight is 293 g/mol. The van der Waals surface area contributed by atoms with Gasteiger partial charge >= 0.3 is 0 Å². The maximum atomic E-state index is 11.6. The van der Waals surface area contributed by atoms with Gasteiger partial charge in [0.05, 0.1) is 6.61 Å². The summed E-state index contributed by atoms with van der Waals surface area (Å²) in [7, 11) is 1.61. The number of H-pyrrole nitrogens is 1. The Morgan fingerprint density at radius 3 is 3.10 bits per heavy atom. The average Bonchev–Trinajstić information content (AvgIpc) is 2.47. The van der Waals surface area contributed by atoms with Crippen molar-refractivity contribution in [3.8, 4) is 0 Å². The first-order chi connectivity index (χ1) is 10.2. The highest BCUT2D eigenvalue weighted by atomic mass is 16.5. The van der Waals surface area contributed by atoms with E-state index in [1.165, 1.54) is 0 Å². The summed E-state index contributed by atoms with van der Waals surface area (Å²) in [6.07, 6.45) is 3.44. The van der Waals surface area contributed by atoms with E-state index < -0.39 is 0 Å². The largest absolute Gasteiger partial charge is 0.383 e. The van der Waals surface area contributed by atoms with Crippen LogP contribution in [-0.2, 0) is 16.0 Å². The highest BCUT2D eigenvalue weighted by Crippen LogP contribution is 2.27. The van der Waals surface area contributed by atoms with Crippen molar-refractivity contribution < 1.29 is 9.53 Å². The molecule has 1 atom stereocenters. The third kappa shape index (κ3) is 4.68. The molecule has 0 aromatic carbocycles. The Morgan fingerprint density at radius 2 is 2.29 bits per heavy atom. The minimum absolute atomic E-state index is 0.0250. The van der Waals surface area contributed by atoms with Crippen LogP contribution in [0.5, 0.6) is 0 Å². The Bertz CT molecular complexity index is 527. The first kappa shape index (κ1) is 15.7. The van der Waals surface area contributed by atoms with Crippen LogP contribution >= 0.6 is 0 Å². The van der Waals surface area contributed by atoms with Crippen molar-refractivity contribution >= 4 is 5.91 Å². The lowest BCUT2D eigenvalue weighted by molar-refractivity contribution is -0.121. The summed E-state index contributed by atoms with van der Waals surface area (Å²) in [5, 5.41) is 6.20. The van der Waals surface area contributed by atoms with Gasteiger partial charge < -0.3 is 20.4 Å². The highest BCUT2D eigenvalue weighted by Gasteiger charge is 2.20. The molecule has 0 saturated carbocycles. The smallest absolute Gasteiger partial charge is 0.248 e. The number of aromatic amines is 1. The number of carbonyl (C=O) groups is 1. The van der Waals surface area contributed by atoms with Gasteiger partial charge in [-0.15, -0.1) is 0 Å². The Hall–Kier alpha value is -1.66. The molecule has 1 aliphatic carbocycles. The van der Waals surface area contributed by atoms with Crippen LogP contribution in [0.2, 0.25) is 0 Å². The van der Waals surface area contributed by atoms with Crippen molar-refractivity contribution in [2.75, 3.05) is 26.8 Å². The number of hydrogen-bond acceptors (Lipinski definition) is 4. The quantitative estimate of drug-likeness (QED) is 0.639. The lowest BCUT2D eigenvalue weighted by Gasteiger charge is -2.25. The number of nitrogens with one attached hydrogen (secondary N) is 3. The van der Waals surface area contributed by atoms with Crippen LogP contribution in [0.15, 0.2) is 16.9 Å². The molecule has 1 amide bonds. The highest BCUT2D eigenvalue weighted by molar-refractivity contribution is 5.76. The predicted molar refractivity (Wildman–Crippen MR) is 80.2 cm³/mol. The molecule has 1 aromatic rings. The molecule has 1 unspecified atom stereocenters. The standard InChI is InChI=1S/C15H23N3O3/c1-21-10-9-17-14(19)7-8-16-12-3-2-4-13-11(12)5-6-15(20)18-13/h5-6,12,16H,2-4,7-10H2,1H3,(H,17,19)(H,18,20). The number of fused-ring (bicyclic) bond motifs is 1. The number of rotatable bonds is 7. The van der Waals surface area contributed by atoms with E-state index in [0.29, 0.717) is 26.1 Å². The SMILES string of the molecule is COCCNC(=O)CCNC1CCCc2[nH]c(=O)ccc21. The summed E-state index contributed by atoms with van der Waals surface area (Å²) < 4.78 is 4.88. The summed E-state index contributed by atoms with van der Waals surface area (Å²) in [6, 6.07) is 3.68. The molecule has 0 spiro atoms. The van der Waals surface area contributed by atoms with Gasteiger partial charge in [-0.2, -0.15) is 0 Å². The molecule has 6 nitrogen and oxygen atoms in total. The molecule has 0 radical (unpaired) electrons. The number of aromatic nitrogens is 1. The molecule has 116 valence electrons. The van der Waals surface area contributed by atoms with Crippen molar-refractivity contribution in [1.82, 2.24) is 15.6 Å². The molecule has 0 fully saturated rings. The van der Waals surface area contributed by atoms with Gasteiger partial charge in [-0.25, -0.2) is 0 Å². The number of amides is 1. The predicted octanol–water partition coefficient (Wildman–Crippen LogP) is 0.495. The number of methoxy groups -OCH3 is 1. The van der Waals surface area contributed by atoms with Gasteiger partial charge in [0.2, 0.25) is 11.5 Å². The molecule has 1 aromatic heterocycles. The van der Waals surface area contributed by atoms with E-state index in [2.05, 4.69) is 15.6 Å². The van der Waals surface area contributed by atoms with E-state index >= 15 is 0 Å². The normalized spacial score (nSPS) is 17.3. The van der Waals surface area contributed by atoms with Crippen molar-refractivity contribution in [1.29, 1.82) is 0 Å². The van der Waals surface area contributed by atoms with Gasteiger partial charge in [0, 0.05) is 44.4 Å². The molecule has 3 N–H and O–H groups in total. The minimum atomic E-state index is -0.0491. The molecule has 0 bridgehead atoms. The second-order valence-corrected chi connectivity index (χ2v) is 5.25. The third-order valence-corrected chi connectivity index (χ3v) is 3.70. The van der Waals surface area contributed by atoms with Crippen molar-refractivity contribution in [3.05, 3.63) is 33.7 Å². The summed E-state index contributed by atoms with van der Waals surface area (Å²) >= 11 is 0. The van der Waals surface area contributed by atoms with Crippen LogP contribution in [0.3, 0.4) is 0 Å². The van der Waals surface area contributed by atoms with Gasteiger partial charge in [0.25, 0.3) is 0 Å². The topological polar surface area (TPSA) is 83.2 Å². The fourth-order valence-corrected chi connectivity index (χ4v) is 2.65. The molecule has 1 heterocycles. The van der Waals surface area contributed by atoms with Crippen molar-refractivity contribution in [2.24, 2.45) is 0 Å². The Morgan fingerprint density at radius 1 is 1.43 bits per heavy atom. The first-order valence-electron chi connectivity index (χ1n) is 7.42. The molecule has 6 heteroatoms. The molecular formula is C15H23N3O3. The summed E-state index contributed by atoms with van der Waals surface area (Å²) in [5.41, 5.74) is 2.13. The zero-order chi connectivity index (χ0) is 15.1. The second-order valence-electron chi connectivity index (χ2n) is 5.25. The van der Waals surface area contributed by atoms with Gasteiger partial charge in [-0.1, -0.05) is 6.07 Å². The zero-order valence-corrected chi connectivity index (χ0v) is 12.4. The number of carbonyl (C=O) groups excluding carboxylic acids is 1. The number of aryl methyl sites for hydroxylation is 1. The molecule has 0 aliphatic heterocycles. The number of ether oxygens (including phenoxy) is 1. The van der Waals surface area contributed by atoms with Gasteiger partial charge in [-0.05, 0) is 24.8 Å². The molecule has 1 aliphatic rings. The minimum Gasteiger partial charge on any atom is -0.383 e. The lowest BCUT2D eigenvalue weighted by Crippen LogP contribution is -2.32. The summed E-state index contributed by atoms with van der Waals surface area (Å²) in [4.78, 5) is 25.8. The molecular weight excluding hydrogens is 270 g/mol. The second kappa shape index (κ2) is 7.95. The maximum absolute atomic E-state index is 11.6. The van der Waals surface area contributed by atoms with E-state index in [9.17, 15) is 9.59 Å². The van der Waals surface area contributed by atoms with Crippen LogP contribution in [0.25, 0.3) is 0 Å². The molecule has 2 rings (SSSR count). The van der Waals surface area contributed by atoms with E-state index in [1.807, 2.05) is 6.07 Å².